The lowest BCUT2D eigenvalue weighted by atomic mass is 10.0. The molecule has 0 unspecified atom stereocenters. The molecule has 2 aliphatic rings. The van der Waals surface area contributed by atoms with Gasteiger partial charge in [0.05, 0.1) is 10.4 Å². The molecule has 218 valence electrons. The standard InChI is InChI=1S/C33H37N5O3S/c1-23-21-37(22-24-6-2-3-7-24)18-19-38(23)33(39)26-11-14-28(15-12-26)36-42(40,41)31-16-13-27(34)20-30(31)29-10-4-8-25-9-5-17-35-32(25)29/h4-5,8-17,20,23-24,36H,2-3,6-7,18-19,21-22,34H2,1H3/t23-/m0/s1. The fraction of sp³-hybridized carbons (Fsp3) is 0.333. The Bertz CT molecular complexity index is 1700. The van der Waals surface area contributed by atoms with Gasteiger partial charge in [0.2, 0.25) is 0 Å². The molecule has 2 heterocycles. The summed E-state index contributed by atoms with van der Waals surface area (Å²) < 4.78 is 30.0. The number of rotatable bonds is 7. The molecule has 1 saturated heterocycles. The second kappa shape index (κ2) is 11.7. The maximum Gasteiger partial charge on any atom is 0.262 e. The number of amides is 1. The number of piperazine rings is 1. The van der Waals surface area contributed by atoms with Crippen molar-refractivity contribution in [2.24, 2.45) is 5.92 Å². The lowest BCUT2D eigenvalue weighted by Crippen LogP contribution is -2.54. The largest absolute Gasteiger partial charge is 0.399 e. The molecular formula is C33H37N5O3S. The third-order valence-electron chi connectivity index (χ3n) is 8.56. The number of nitrogens with zero attached hydrogens (tertiary/aromatic N) is 3. The Balaban J connectivity index is 1.18. The zero-order chi connectivity index (χ0) is 29.3. The number of carbonyl (C=O) groups excluding carboxylic acids is 1. The van der Waals surface area contributed by atoms with Gasteiger partial charge in [0.25, 0.3) is 15.9 Å². The van der Waals surface area contributed by atoms with Crippen LogP contribution in [0.25, 0.3) is 22.0 Å². The predicted octanol–water partition coefficient (Wildman–Crippen LogP) is 5.62. The smallest absolute Gasteiger partial charge is 0.262 e. The molecule has 8 nitrogen and oxygen atoms in total. The number of sulfonamides is 1. The first-order chi connectivity index (χ1) is 20.3. The van der Waals surface area contributed by atoms with Crippen molar-refractivity contribution in [1.29, 1.82) is 0 Å². The number of aromatic nitrogens is 1. The first-order valence-electron chi connectivity index (χ1n) is 14.7. The normalized spacial score (nSPS) is 18.4. The lowest BCUT2D eigenvalue weighted by Gasteiger charge is -2.40. The molecule has 9 heteroatoms. The van der Waals surface area contributed by atoms with Crippen molar-refractivity contribution in [2.45, 2.75) is 43.5 Å². The fourth-order valence-corrected chi connectivity index (χ4v) is 7.69. The fourth-order valence-electron chi connectivity index (χ4n) is 6.43. The first kappa shape index (κ1) is 28.2. The summed E-state index contributed by atoms with van der Waals surface area (Å²) in [6, 6.07) is 21.0. The Kier molecular flexibility index (Phi) is 7.88. The van der Waals surface area contributed by atoms with Gasteiger partial charge in [-0.15, -0.1) is 0 Å². The summed E-state index contributed by atoms with van der Waals surface area (Å²) >= 11 is 0. The van der Waals surface area contributed by atoms with E-state index in [2.05, 4.69) is 21.5 Å². The van der Waals surface area contributed by atoms with Gasteiger partial charge in [-0.2, -0.15) is 0 Å². The van der Waals surface area contributed by atoms with Crippen LogP contribution < -0.4 is 10.5 Å². The van der Waals surface area contributed by atoms with Gasteiger partial charge < -0.3 is 10.6 Å². The van der Waals surface area contributed by atoms with Crippen LogP contribution in [-0.2, 0) is 10.0 Å². The molecule has 0 radical (unpaired) electrons. The van der Waals surface area contributed by atoms with Crippen LogP contribution in [0.1, 0.15) is 43.0 Å². The molecule has 42 heavy (non-hydrogen) atoms. The molecule has 0 bridgehead atoms. The van der Waals surface area contributed by atoms with Gasteiger partial charge in [0.1, 0.15) is 0 Å². The van der Waals surface area contributed by atoms with Crippen molar-refractivity contribution in [3.05, 3.63) is 84.6 Å². The van der Waals surface area contributed by atoms with Crippen LogP contribution in [0, 0.1) is 5.92 Å². The Labute approximate surface area is 247 Å². The third-order valence-corrected chi connectivity index (χ3v) is 10.0. The number of hydrogen-bond donors (Lipinski definition) is 2. The van der Waals surface area contributed by atoms with Gasteiger partial charge >= 0.3 is 0 Å². The van der Waals surface area contributed by atoms with Crippen molar-refractivity contribution in [3.8, 4) is 11.1 Å². The van der Waals surface area contributed by atoms with E-state index in [9.17, 15) is 13.2 Å². The molecule has 2 fully saturated rings. The number of hydrogen-bond acceptors (Lipinski definition) is 6. The van der Waals surface area contributed by atoms with Crippen molar-refractivity contribution in [3.63, 3.8) is 0 Å². The van der Waals surface area contributed by atoms with E-state index in [4.69, 9.17) is 5.73 Å². The predicted molar refractivity (Wildman–Crippen MR) is 168 cm³/mol. The molecule has 3 N–H and O–H groups in total. The van der Waals surface area contributed by atoms with Gasteiger partial charge in [-0.05, 0) is 74.2 Å². The minimum Gasteiger partial charge on any atom is -0.399 e. The minimum atomic E-state index is -3.99. The zero-order valence-electron chi connectivity index (χ0n) is 23.9. The highest BCUT2D eigenvalue weighted by Gasteiger charge is 2.30. The number of nitrogens with two attached hydrogens (primary N) is 1. The Morgan fingerprint density at radius 1 is 0.976 bits per heavy atom. The van der Waals surface area contributed by atoms with Gasteiger partial charge in [-0.25, -0.2) is 8.42 Å². The van der Waals surface area contributed by atoms with E-state index in [1.54, 1.807) is 42.6 Å². The van der Waals surface area contributed by atoms with E-state index in [-0.39, 0.29) is 16.8 Å². The van der Waals surface area contributed by atoms with E-state index in [1.807, 2.05) is 35.2 Å². The van der Waals surface area contributed by atoms with Crippen molar-refractivity contribution in [2.75, 3.05) is 36.6 Å². The van der Waals surface area contributed by atoms with E-state index < -0.39 is 10.0 Å². The SMILES string of the molecule is C[C@H]1CN(CC2CCCC2)CCN1C(=O)c1ccc(NS(=O)(=O)c2ccc(N)cc2-c2cccc3cccnc23)cc1. The third kappa shape index (κ3) is 5.84. The van der Waals surface area contributed by atoms with Crippen molar-refractivity contribution >= 4 is 38.2 Å². The summed E-state index contributed by atoms with van der Waals surface area (Å²) in [7, 11) is -3.99. The maximum atomic E-state index is 13.7. The molecular weight excluding hydrogens is 546 g/mol. The van der Waals surface area contributed by atoms with Gasteiger partial charge in [0.15, 0.2) is 0 Å². The van der Waals surface area contributed by atoms with Gasteiger partial charge in [-0.3, -0.25) is 19.4 Å². The number of anilines is 2. The quantitative estimate of drug-likeness (QED) is 0.273. The molecule has 0 spiro atoms. The number of nitrogens with one attached hydrogen (secondary N) is 1. The monoisotopic (exact) mass is 583 g/mol. The number of benzene rings is 3. The summed E-state index contributed by atoms with van der Waals surface area (Å²) in [5, 5.41) is 0.901. The highest BCUT2D eigenvalue weighted by molar-refractivity contribution is 7.92. The van der Waals surface area contributed by atoms with Crippen LogP contribution in [0.4, 0.5) is 11.4 Å². The molecule has 1 atom stereocenters. The molecule has 1 aromatic heterocycles. The van der Waals surface area contributed by atoms with E-state index >= 15 is 0 Å². The first-order valence-corrected chi connectivity index (χ1v) is 16.2. The second-order valence-corrected chi connectivity index (χ2v) is 13.2. The van der Waals surface area contributed by atoms with Crippen LogP contribution in [0.5, 0.6) is 0 Å². The number of para-hydroxylation sites is 1. The van der Waals surface area contributed by atoms with Crippen LogP contribution in [-0.4, -0.2) is 61.3 Å². The summed E-state index contributed by atoms with van der Waals surface area (Å²) in [4.78, 5) is 22.4. The lowest BCUT2D eigenvalue weighted by molar-refractivity contribution is 0.0461. The molecule has 1 saturated carbocycles. The minimum absolute atomic E-state index is 0.0262. The van der Waals surface area contributed by atoms with E-state index in [1.165, 1.54) is 31.7 Å². The van der Waals surface area contributed by atoms with Crippen LogP contribution in [0.2, 0.25) is 0 Å². The number of pyridine rings is 1. The highest BCUT2D eigenvalue weighted by atomic mass is 32.2. The van der Waals surface area contributed by atoms with E-state index in [0.29, 0.717) is 40.1 Å². The van der Waals surface area contributed by atoms with Gasteiger partial charge in [-0.1, -0.05) is 37.1 Å². The summed E-state index contributed by atoms with van der Waals surface area (Å²) in [5.41, 5.74) is 9.31. The topological polar surface area (TPSA) is 109 Å². The summed E-state index contributed by atoms with van der Waals surface area (Å²) in [6.07, 6.45) is 7.01. The molecule has 3 aromatic carbocycles. The highest BCUT2D eigenvalue weighted by Crippen LogP contribution is 2.34. The molecule has 1 amide bonds. The summed E-state index contributed by atoms with van der Waals surface area (Å²) in [6.45, 7) is 5.71. The van der Waals surface area contributed by atoms with Crippen LogP contribution >= 0.6 is 0 Å². The summed E-state index contributed by atoms with van der Waals surface area (Å²) in [5.74, 6) is 0.769. The number of nitrogen functional groups attached to an aromatic ring is 1. The Morgan fingerprint density at radius 3 is 2.50 bits per heavy atom. The Hall–Kier alpha value is -3.95. The number of fused-ring (bicyclic) bond motifs is 1. The average molecular weight is 584 g/mol. The van der Waals surface area contributed by atoms with Crippen LogP contribution in [0.3, 0.4) is 0 Å². The Morgan fingerprint density at radius 2 is 1.74 bits per heavy atom. The van der Waals surface area contributed by atoms with E-state index in [0.717, 1.165) is 30.9 Å². The van der Waals surface area contributed by atoms with Crippen LogP contribution in [0.15, 0.2) is 83.9 Å². The number of carbonyl (C=O) groups is 1. The average Bonchev–Trinajstić information content (AvgIpc) is 3.50. The second-order valence-electron chi connectivity index (χ2n) is 11.6. The molecule has 1 aliphatic heterocycles. The maximum absolute atomic E-state index is 13.7. The molecule has 6 rings (SSSR count). The van der Waals surface area contributed by atoms with Crippen molar-refractivity contribution < 1.29 is 13.2 Å². The van der Waals surface area contributed by atoms with Gasteiger partial charge in [0, 0.05) is 71.9 Å². The molecule has 1 aliphatic carbocycles. The molecule has 4 aromatic rings. The zero-order valence-corrected chi connectivity index (χ0v) is 24.7. The van der Waals surface area contributed by atoms with Crippen molar-refractivity contribution in [1.82, 2.24) is 14.8 Å².